The van der Waals surface area contributed by atoms with Crippen LogP contribution in [0.15, 0.2) is 48.2 Å². The highest BCUT2D eigenvalue weighted by molar-refractivity contribution is 7.13. The van der Waals surface area contributed by atoms with Crippen LogP contribution in [0.1, 0.15) is 0 Å². The molecule has 26 heavy (non-hydrogen) atoms. The van der Waals surface area contributed by atoms with Gasteiger partial charge in [-0.1, -0.05) is 11.6 Å². The molecule has 4 heterocycles. The first-order chi connectivity index (χ1) is 12.6. The fourth-order valence-electron chi connectivity index (χ4n) is 3.30. The van der Waals surface area contributed by atoms with Gasteiger partial charge in [0.1, 0.15) is 10.8 Å². The molecule has 0 radical (unpaired) electrons. The van der Waals surface area contributed by atoms with Crippen LogP contribution in [0.2, 0.25) is 5.15 Å². The maximum Gasteiger partial charge on any atom is 0.153 e. The summed E-state index contributed by atoms with van der Waals surface area (Å²) in [5, 5.41) is 5.16. The van der Waals surface area contributed by atoms with E-state index in [-0.39, 0.29) is 5.82 Å². The Labute approximate surface area is 156 Å². The molecule has 0 bridgehead atoms. The summed E-state index contributed by atoms with van der Waals surface area (Å²) in [4.78, 5) is 12.1. The molecule has 1 N–H and O–H groups in total. The van der Waals surface area contributed by atoms with Crippen LogP contribution >= 0.6 is 22.9 Å². The summed E-state index contributed by atoms with van der Waals surface area (Å²) in [6, 6.07) is 6.66. The number of aryl methyl sites for hydroxylation is 1. The molecule has 0 aliphatic carbocycles. The van der Waals surface area contributed by atoms with E-state index < -0.39 is 0 Å². The Kier molecular flexibility index (Phi) is 3.38. The standard InChI is InChI=1S/C19H12ClFN4S/c1-25-8-14(11-4-5-22-18(20)17(11)25)16-9-26-19(24-16)13-7-23-15-3-2-10(21)6-12(13)15/h2-9,23H,1H3. The lowest BCUT2D eigenvalue weighted by atomic mass is 10.1. The number of hydrogen-bond donors (Lipinski definition) is 1. The van der Waals surface area contributed by atoms with Gasteiger partial charge in [-0.3, -0.25) is 0 Å². The number of benzene rings is 1. The first-order valence-electron chi connectivity index (χ1n) is 7.94. The lowest BCUT2D eigenvalue weighted by Gasteiger charge is -1.97. The first kappa shape index (κ1) is 15.5. The fraction of sp³-hybridized carbons (Fsp3) is 0.0526. The van der Waals surface area contributed by atoms with E-state index in [0.29, 0.717) is 5.15 Å². The van der Waals surface area contributed by atoms with Crippen LogP contribution in [0.5, 0.6) is 0 Å². The summed E-state index contributed by atoms with van der Waals surface area (Å²) in [6.07, 6.45) is 5.58. The van der Waals surface area contributed by atoms with E-state index in [1.165, 1.54) is 23.5 Å². The van der Waals surface area contributed by atoms with Gasteiger partial charge in [0, 0.05) is 58.4 Å². The van der Waals surface area contributed by atoms with Gasteiger partial charge in [-0.15, -0.1) is 11.3 Å². The predicted molar refractivity (Wildman–Crippen MR) is 104 cm³/mol. The number of nitrogens with one attached hydrogen (secondary N) is 1. The van der Waals surface area contributed by atoms with Gasteiger partial charge in [0.25, 0.3) is 0 Å². The first-order valence-corrected chi connectivity index (χ1v) is 9.20. The monoisotopic (exact) mass is 382 g/mol. The van der Waals surface area contributed by atoms with E-state index in [4.69, 9.17) is 16.6 Å². The predicted octanol–water partition coefficient (Wildman–Crippen LogP) is 5.64. The third-order valence-electron chi connectivity index (χ3n) is 4.50. The summed E-state index contributed by atoms with van der Waals surface area (Å²) in [6.45, 7) is 0. The molecule has 1 aromatic carbocycles. The van der Waals surface area contributed by atoms with Crippen molar-refractivity contribution in [2.45, 2.75) is 0 Å². The van der Waals surface area contributed by atoms with Crippen molar-refractivity contribution in [3.8, 4) is 21.8 Å². The van der Waals surface area contributed by atoms with Crippen molar-refractivity contribution in [2.24, 2.45) is 7.05 Å². The van der Waals surface area contributed by atoms with Gasteiger partial charge in [-0.05, 0) is 24.3 Å². The van der Waals surface area contributed by atoms with E-state index in [0.717, 1.165) is 43.6 Å². The number of aromatic amines is 1. The summed E-state index contributed by atoms with van der Waals surface area (Å²) >= 11 is 7.77. The molecule has 7 heteroatoms. The Morgan fingerprint density at radius 1 is 1.19 bits per heavy atom. The van der Waals surface area contributed by atoms with Crippen LogP contribution in [0.25, 0.3) is 43.6 Å². The normalized spacial score (nSPS) is 11.7. The number of H-pyrrole nitrogens is 1. The smallest absolute Gasteiger partial charge is 0.153 e. The Hall–Kier alpha value is -2.70. The second-order valence-corrected chi connectivity index (χ2v) is 7.30. The molecule has 4 nitrogen and oxygen atoms in total. The van der Waals surface area contributed by atoms with E-state index >= 15 is 0 Å². The van der Waals surface area contributed by atoms with Gasteiger partial charge in [-0.25, -0.2) is 14.4 Å². The molecule has 4 aromatic heterocycles. The number of nitrogens with zero attached hydrogens (tertiary/aromatic N) is 3. The molecule has 0 atom stereocenters. The van der Waals surface area contributed by atoms with Gasteiger partial charge >= 0.3 is 0 Å². The third-order valence-corrected chi connectivity index (χ3v) is 5.65. The second kappa shape index (κ2) is 5.65. The molecule has 128 valence electrons. The van der Waals surface area contributed by atoms with E-state index in [2.05, 4.69) is 9.97 Å². The zero-order chi connectivity index (χ0) is 17.8. The number of hydrogen-bond acceptors (Lipinski definition) is 3. The second-order valence-electron chi connectivity index (χ2n) is 6.08. The molecule has 0 fully saturated rings. The number of rotatable bonds is 2. The fourth-order valence-corrected chi connectivity index (χ4v) is 4.45. The van der Waals surface area contributed by atoms with E-state index in [1.54, 1.807) is 12.3 Å². The van der Waals surface area contributed by atoms with Gasteiger partial charge in [0.2, 0.25) is 0 Å². The van der Waals surface area contributed by atoms with Crippen molar-refractivity contribution in [2.75, 3.05) is 0 Å². The molecule has 0 saturated heterocycles. The molecule has 5 rings (SSSR count). The summed E-state index contributed by atoms with van der Waals surface area (Å²) in [5.74, 6) is -0.258. The molecule has 0 aliphatic heterocycles. The molecular formula is C19H12ClFN4S. The summed E-state index contributed by atoms with van der Waals surface area (Å²) in [5.41, 5.74) is 4.54. The van der Waals surface area contributed by atoms with Crippen LogP contribution in [-0.4, -0.2) is 19.5 Å². The summed E-state index contributed by atoms with van der Waals surface area (Å²) < 4.78 is 15.6. The van der Waals surface area contributed by atoms with Crippen molar-refractivity contribution in [1.29, 1.82) is 0 Å². The molecule has 0 amide bonds. The molecular weight excluding hydrogens is 371 g/mol. The number of fused-ring (bicyclic) bond motifs is 2. The van der Waals surface area contributed by atoms with Gasteiger partial charge in [-0.2, -0.15) is 0 Å². The van der Waals surface area contributed by atoms with Crippen molar-refractivity contribution < 1.29 is 4.39 Å². The topological polar surface area (TPSA) is 46.5 Å². The highest BCUT2D eigenvalue weighted by Gasteiger charge is 2.16. The number of halogens is 2. The minimum Gasteiger partial charge on any atom is -0.360 e. The maximum atomic E-state index is 13.6. The average molecular weight is 383 g/mol. The van der Waals surface area contributed by atoms with Gasteiger partial charge < -0.3 is 9.55 Å². The highest BCUT2D eigenvalue weighted by atomic mass is 35.5. The molecule has 0 aliphatic rings. The Balaban J connectivity index is 1.67. The van der Waals surface area contributed by atoms with Crippen molar-refractivity contribution in [3.05, 3.63) is 59.2 Å². The van der Waals surface area contributed by atoms with Crippen LogP contribution < -0.4 is 0 Å². The average Bonchev–Trinajstić information content (AvgIpc) is 3.32. The number of thiazole rings is 1. The molecule has 0 saturated carbocycles. The Morgan fingerprint density at radius 3 is 2.96 bits per heavy atom. The lowest BCUT2D eigenvalue weighted by Crippen LogP contribution is -1.85. The zero-order valence-electron chi connectivity index (χ0n) is 13.6. The van der Waals surface area contributed by atoms with Crippen LogP contribution in [0, 0.1) is 5.82 Å². The largest absolute Gasteiger partial charge is 0.360 e. The van der Waals surface area contributed by atoms with Crippen molar-refractivity contribution >= 4 is 44.7 Å². The Morgan fingerprint density at radius 2 is 2.08 bits per heavy atom. The van der Waals surface area contributed by atoms with Gasteiger partial charge in [0.15, 0.2) is 5.15 Å². The summed E-state index contributed by atoms with van der Waals surface area (Å²) in [7, 11) is 1.94. The quantitative estimate of drug-likeness (QED) is 0.402. The SMILES string of the molecule is Cn1cc(-c2csc(-c3c[nH]c4ccc(F)cc34)n2)c2ccnc(Cl)c21. The minimum atomic E-state index is -0.258. The van der Waals surface area contributed by atoms with Crippen LogP contribution in [0.3, 0.4) is 0 Å². The number of aromatic nitrogens is 4. The van der Waals surface area contributed by atoms with Crippen LogP contribution in [-0.2, 0) is 7.05 Å². The number of pyridine rings is 1. The molecule has 0 unspecified atom stereocenters. The molecule has 5 aromatic rings. The highest BCUT2D eigenvalue weighted by Crippen LogP contribution is 2.37. The Bertz CT molecular complexity index is 1280. The maximum absolute atomic E-state index is 13.6. The van der Waals surface area contributed by atoms with Gasteiger partial charge in [0.05, 0.1) is 11.2 Å². The lowest BCUT2D eigenvalue weighted by molar-refractivity contribution is 0.630. The zero-order valence-corrected chi connectivity index (χ0v) is 15.2. The van der Waals surface area contributed by atoms with Crippen LogP contribution in [0.4, 0.5) is 4.39 Å². The molecule has 0 spiro atoms. The third kappa shape index (κ3) is 2.26. The van der Waals surface area contributed by atoms with E-state index in [1.807, 2.05) is 35.5 Å². The van der Waals surface area contributed by atoms with Crippen molar-refractivity contribution in [3.63, 3.8) is 0 Å². The minimum absolute atomic E-state index is 0.258. The van der Waals surface area contributed by atoms with Crippen molar-refractivity contribution in [1.82, 2.24) is 19.5 Å². The van der Waals surface area contributed by atoms with E-state index in [9.17, 15) is 4.39 Å².